The second-order valence-electron chi connectivity index (χ2n) is 7.30. The standard InChI is InChI=1S/C23H25N3O3/c1-29-19-10-6-5-9-18(19)15-24-20-21(23(28)22(20)27)26-13-11-25(12-14-26)16-17-7-3-2-4-8-17/h2-10,24H,11-16H2,1H3. The summed E-state index contributed by atoms with van der Waals surface area (Å²) in [5.74, 6) is 0.759. The number of nitrogens with zero attached hydrogens (tertiary/aromatic N) is 2. The Labute approximate surface area is 170 Å². The fourth-order valence-corrected chi connectivity index (χ4v) is 3.85. The highest BCUT2D eigenvalue weighted by Crippen LogP contribution is 2.24. The van der Waals surface area contributed by atoms with E-state index in [0.29, 0.717) is 17.9 Å². The summed E-state index contributed by atoms with van der Waals surface area (Å²) in [5.41, 5.74) is 2.38. The lowest BCUT2D eigenvalue weighted by Gasteiger charge is -2.37. The molecule has 0 aliphatic carbocycles. The van der Waals surface area contributed by atoms with Gasteiger partial charge in [0.15, 0.2) is 0 Å². The molecular formula is C23H25N3O3. The fourth-order valence-electron chi connectivity index (χ4n) is 3.85. The lowest BCUT2D eigenvalue weighted by molar-refractivity contribution is 0.249. The number of hydrogen-bond acceptors (Lipinski definition) is 6. The van der Waals surface area contributed by atoms with Crippen LogP contribution in [0.5, 0.6) is 5.75 Å². The van der Waals surface area contributed by atoms with Gasteiger partial charge in [0.2, 0.25) is 0 Å². The molecule has 1 fully saturated rings. The molecule has 1 N–H and O–H groups in total. The minimum absolute atomic E-state index is 0.385. The van der Waals surface area contributed by atoms with Crippen molar-refractivity contribution < 1.29 is 4.74 Å². The summed E-state index contributed by atoms with van der Waals surface area (Å²) in [6, 6.07) is 18.0. The van der Waals surface area contributed by atoms with E-state index in [1.165, 1.54) is 5.56 Å². The van der Waals surface area contributed by atoms with E-state index in [1.807, 2.05) is 35.2 Å². The van der Waals surface area contributed by atoms with Crippen LogP contribution in [0.3, 0.4) is 0 Å². The van der Waals surface area contributed by atoms with Crippen molar-refractivity contribution in [3.05, 3.63) is 86.2 Å². The molecule has 6 nitrogen and oxygen atoms in total. The molecule has 1 saturated heterocycles. The highest BCUT2D eigenvalue weighted by molar-refractivity contribution is 5.75. The van der Waals surface area contributed by atoms with Crippen LogP contribution in [-0.4, -0.2) is 38.2 Å². The van der Waals surface area contributed by atoms with E-state index in [4.69, 9.17) is 4.74 Å². The van der Waals surface area contributed by atoms with E-state index in [9.17, 15) is 9.59 Å². The minimum Gasteiger partial charge on any atom is -0.496 e. The molecule has 0 atom stereocenters. The van der Waals surface area contributed by atoms with E-state index < -0.39 is 5.43 Å². The zero-order valence-electron chi connectivity index (χ0n) is 16.6. The van der Waals surface area contributed by atoms with Gasteiger partial charge in [0.1, 0.15) is 17.1 Å². The summed E-state index contributed by atoms with van der Waals surface area (Å²) in [6.45, 7) is 4.54. The molecule has 4 rings (SSSR count). The Morgan fingerprint density at radius 2 is 1.59 bits per heavy atom. The van der Waals surface area contributed by atoms with Crippen LogP contribution in [0.25, 0.3) is 0 Å². The number of para-hydroxylation sites is 1. The number of ether oxygens (including phenoxy) is 1. The van der Waals surface area contributed by atoms with Crippen LogP contribution >= 0.6 is 0 Å². The Hall–Kier alpha value is -3.12. The van der Waals surface area contributed by atoms with E-state index in [2.05, 4.69) is 34.5 Å². The van der Waals surface area contributed by atoms with Gasteiger partial charge in [-0.15, -0.1) is 0 Å². The zero-order valence-corrected chi connectivity index (χ0v) is 16.6. The van der Waals surface area contributed by atoms with Crippen LogP contribution in [0.4, 0.5) is 11.4 Å². The van der Waals surface area contributed by atoms with E-state index in [-0.39, 0.29) is 5.43 Å². The van der Waals surface area contributed by atoms with Gasteiger partial charge in [-0.25, -0.2) is 0 Å². The van der Waals surface area contributed by atoms with Gasteiger partial charge in [0.05, 0.1) is 7.11 Å². The van der Waals surface area contributed by atoms with Crippen molar-refractivity contribution in [1.82, 2.24) is 4.90 Å². The quantitative estimate of drug-likeness (QED) is 0.623. The average molecular weight is 391 g/mol. The van der Waals surface area contributed by atoms with Crippen LogP contribution < -0.4 is 25.8 Å². The number of anilines is 2. The molecule has 1 aliphatic rings. The molecule has 1 aliphatic heterocycles. The summed E-state index contributed by atoms with van der Waals surface area (Å²) in [6.07, 6.45) is 0. The molecule has 0 spiro atoms. The second kappa shape index (κ2) is 8.49. The highest BCUT2D eigenvalue weighted by atomic mass is 16.5. The van der Waals surface area contributed by atoms with E-state index >= 15 is 0 Å². The van der Waals surface area contributed by atoms with Gasteiger partial charge in [-0.2, -0.15) is 0 Å². The second-order valence-corrected chi connectivity index (χ2v) is 7.30. The summed E-state index contributed by atoms with van der Waals surface area (Å²) in [4.78, 5) is 28.8. The molecule has 0 unspecified atom stereocenters. The molecule has 0 saturated carbocycles. The van der Waals surface area contributed by atoms with Gasteiger partial charge in [-0.3, -0.25) is 14.5 Å². The molecular weight excluding hydrogens is 366 g/mol. The first kappa shape index (κ1) is 19.2. The molecule has 6 heteroatoms. The van der Waals surface area contributed by atoms with Crippen LogP contribution in [0, 0.1) is 0 Å². The van der Waals surface area contributed by atoms with Crippen molar-refractivity contribution in [3.63, 3.8) is 0 Å². The maximum absolute atomic E-state index is 12.3. The Bertz CT molecular complexity index is 1030. The molecule has 0 amide bonds. The van der Waals surface area contributed by atoms with Crippen LogP contribution in [0.1, 0.15) is 11.1 Å². The van der Waals surface area contributed by atoms with Crippen molar-refractivity contribution in [3.8, 4) is 5.75 Å². The monoisotopic (exact) mass is 391 g/mol. The Balaban J connectivity index is 1.40. The van der Waals surface area contributed by atoms with Gasteiger partial charge in [0.25, 0.3) is 10.9 Å². The molecule has 150 valence electrons. The highest BCUT2D eigenvalue weighted by Gasteiger charge is 2.28. The summed E-state index contributed by atoms with van der Waals surface area (Å²) >= 11 is 0. The fraction of sp³-hybridized carbons (Fsp3) is 0.304. The third-order valence-corrected chi connectivity index (χ3v) is 5.47. The lowest BCUT2D eigenvalue weighted by Crippen LogP contribution is -2.51. The third-order valence-electron chi connectivity index (χ3n) is 5.47. The Kier molecular flexibility index (Phi) is 5.62. The first-order valence-electron chi connectivity index (χ1n) is 9.87. The van der Waals surface area contributed by atoms with Crippen molar-refractivity contribution in [2.75, 3.05) is 43.5 Å². The number of hydrogen-bond donors (Lipinski definition) is 1. The zero-order chi connectivity index (χ0) is 20.2. The smallest absolute Gasteiger partial charge is 0.253 e. The molecule has 0 bridgehead atoms. The molecule has 29 heavy (non-hydrogen) atoms. The predicted molar refractivity (Wildman–Crippen MR) is 116 cm³/mol. The predicted octanol–water partition coefficient (Wildman–Crippen LogP) is 2.23. The van der Waals surface area contributed by atoms with E-state index in [1.54, 1.807) is 7.11 Å². The third kappa shape index (κ3) is 4.03. The van der Waals surface area contributed by atoms with Crippen LogP contribution in [-0.2, 0) is 13.1 Å². The maximum atomic E-state index is 12.3. The largest absolute Gasteiger partial charge is 0.496 e. The normalized spacial score (nSPS) is 14.9. The average Bonchev–Trinajstić information content (AvgIpc) is 2.77. The minimum atomic E-state index is -0.429. The van der Waals surface area contributed by atoms with Crippen molar-refractivity contribution in [1.29, 1.82) is 0 Å². The van der Waals surface area contributed by atoms with Gasteiger partial charge in [-0.1, -0.05) is 48.5 Å². The van der Waals surface area contributed by atoms with Crippen molar-refractivity contribution in [2.45, 2.75) is 13.1 Å². The summed E-state index contributed by atoms with van der Waals surface area (Å²) in [5, 5.41) is 3.16. The van der Waals surface area contributed by atoms with Gasteiger partial charge in [-0.05, 0) is 11.6 Å². The molecule has 3 aromatic rings. The van der Waals surface area contributed by atoms with Gasteiger partial charge >= 0.3 is 0 Å². The van der Waals surface area contributed by atoms with Crippen molar-refractivity contribution >= 4 is 11.4 Å². The molecule has 0 aromatic heterocycles. The number of nitrogens with one attached hydrogen (secondary N) is 1. The van der Waals surface area contributed by atoms with Crippen molar-refractivity contribution in [2.24, 2.45) is 0 Å². The van der Waals surface area contributed by atoms with Gasteiger partial charge in [0, 0.05) is 44.8 Å². The van der Waals surface area contributed by atoms with E-state index in [0.717, 1.165) is 44.0 Å². The van der Waals surface area contributed by atoms with Crippen LogP contribution in [0.2, 0.25) is 0 Å². The number of methoxy groups -OCH3 is 1. The molecule has 3 aromatic carbocycles. The van der Waals surface area contributed by atoms with Gasteiger partial charge < -0.3 is 15.0 Å². The van der Waals surface area contributed by atoms with Crippen LogP contribution in [0.15, 0.2) is 64.2 Å². The summed E-state index contributed by atoms with van der Waals surface area (Å²) in [7, 11) is 1.62. The number of piperazine rings is 1. The number of rotatable bonds is 7. The Morgan fingerprint density at radius 1 is 0.897 bits per heavy atom. The first-order chi connectivity index (χ1) is 14.2. The lowest BCUT2D eigenvalue weighted by atomic mass is 10.1. The maximum Gasteiger partial charge on any atom is 0.253 e. The number of benzene rings is 2. The SMILES string of the molecule is COc1ccccc1CNc1c(N2CCN(Cc3ccccc3)CC2)c(=O)c1=O. The Morgan fingerprint density at radius 3 is 2.31 bits per heavy atom. The molecule has 1 heterocycles. The molecule has 0 radical (unpaired) electrons. The topological polar surface area (TPSA) is 61.9 Å². The summed E-state index contributed by atoms with van der Waals surface area (Å²) < 4.78 is 5.36. The first-order valence-corrected chi connectivity index (χ1v) is 9.87.